The highest BCUT2D eigenvalue weighted by Crippen LogP contribution is 2.38. The molecule has 1 aliphatic rings. The van der Waals surface area contributed by atoms with Crippen LogP contribution >= 0.6 is 11.6 Å². The summed E-state index contributed by atoms with van der Waals surface area (Å²) in [5, 5.41) is 0.136. The molecular formula is C12H11ClO5. The van der Waals surface area contributed by atoms with E-state index >= 15 is 0 Å². The average Bonchev–Trinajstić information content (AvgIpc) is 2.38. The molecule has 0 radical (unpaired) electrons. The van der Waals surface area contributed by atoms with Crippen LogP contribution < -0.4 is 9.47 Å². The maximum absolute atomic E-state index is 11.9. The summed E-state index contributed by atoms with van der Waals surface area (Å²) in [7, 11) is 0. The van der Waals surface area contributed by atoms with Crippen molar-refractivity contribution in [1.29, 1.82) is 0 Å². The molecule has 0 spiro atoms. The number of ether oxygens (including phenoxy) is 3. The molecule has 0 bridgehead atoms. The van der Waals surface area contributed by atoms with E-state index in [4.69, 9.17) is 21.1 Å². The molecule has 18 heavy (non-hydrogen) atoms. The van der Waals surface area contributed by atoms with E-state index in [2.05, 4.69) is 4.74 Å². The van der Waals surface area contributed by atoms with Gasteiger partial charge in [0.2, 0.25) is 0 Å². The van der Waals surface area contributed by atoms with E-state index in [1.165, 1.54) is 6.07 Å². The summed E-state index contributed by atoms with van der Waals surface area (Å²) in [6, 6.07) is 3.08. The highest BCUT2D eigenvalue weighted by molar-refractivity contribution is 6.46. The Hall–Kier alpha value is -1.75. The Morgan fingerprint density at radius 1 is 1.33 bits per heavy atom. The number of Topliss-reactive ketones (excluding diaryl/α,β-unsaturated/α-hetero) is 1. The predicted molar refractivity (Wildman–Crippen MR) is 63.4 cm³/mol. The van der Waals surface area contributed by atoms with Crippen molar-refractivity contribution in [2.24, 2.45) is 0 Å². The van der Waals surface area contributed by atoms with Gasteiger partial charge in [-0.15, -0.1) is 0 Å². The van der Waals surface area contributed by atoms with Gasteiger partial charge in [0.05, 0.1) is 17.2 Å². The lowest BCUT2D eigenvalue weighted by molar-refractivity contribution is -0.137. The van der Waals surface area contributed by atoms with Crippen molar-refractivity contribution in [3.05, 3.63) is 22.7 Å². The van der Waals surface area contributed by atoms with Gasteiger partial charge in [0.1, 0.15) is 13.2 Å². The van der Waals surface area contributed by atoms with Gasteiger partial charge in [-0.25, -0.2) is 4.79 Å². The van der Waals surface area contributed by atoms with Crippen molar-refractivity contribution in [3.63, 3.8) is 0 Å². The molecule has 96 valence electrons. The number of halogens is 1. The molecule has 0 aromatic heterocycles. The Morgan fingerprint density at radius 3 is 2.78 bits per heavy atom. The fourth-order valence-electron chi connectivity index (χ4n) is 1.60. The third-order valence-electron chi connectivity index (χ3n) is 2.35. The SMILES string of the molecule is CCOC(=O)C(=O)c1c(Cl)ccc2c1OCCO2. The van der Waals surface area contributed by atoms with Crippen LogP contribution in [0.15, 0.2) is 12.1 Å². The lowest BCUT2D eigenvalue weighted by atomic mass is 10.1. The summed E-state index contributed by atoms with van der Waals surface area (Å²) in [5.74, 6) is -1.18. The summed E-state index contributed by atoms with van der Waals surface area (Å²) in [4.78, 5) is 23.4. The standard InChI is InChI=1S/C12H11ClO5/c1-2-16-12(15)10(14)9-7(13)3-4-8-11(9)18-6-5-17-8/h3-4H,2,5-6H2,1H3. The van der Waals surface area contributed by atoms with Gasteiger partial charge >= 0.3 is 5.97 Å². The van der Waals surface area contributed by atoms with Crippen molar-refractivity contribution in [2.75, 3.05) is 19.8 Å². The molecule has 0 N–H and O–H groups in total. The Morgan fingerprint density at radius 2 is 2.06 bits per heavy atom. The molecule has 1 aliphatic heterocycles. The minimum Gasteiger partial charge on any atom is -0.486 e. The van der Waals surface area contributed by atoms with Crippen LogP contribution in [0.5, 0.6) is 11.5 Å². The minimum absolute atomic E-state index is 0.00711. The molecule has 1 aromatic rings. The molecule has 0 amide bonds. The summed E-state index contributed by atoms with van der Waals surface area (Å²) >= 11 is 5.94. The normalized spacial score (nSPS) is 13.0. The van der Waals surface area contributed by atoms with Crippen molar-refractivity contribution >= 4 is 23.4 Å². The zero-order chi connectivity index (χ0) is 13.1. The summed E-state index contributed by atoms with van der Waals surface area (Å²) in [6.45, 7) is 2.43. The smallest absolute Gasteiger partial charge is 0.379 e. The average molecular weight is 271 g/mol. The molecule has 5 nitrogen and oxygen atoms in total. The first kappa shape index (κ1) is 12.7. The maximum atomic E-state index is 11.9. The molecule has 0 aliphatic carbocycles. The first-order valence-corrected chi connectivity index (χ1v) is 5.82. The van der Waals surface area contributed by atoms with Gasteiger partial charge in [-0.05, 0) is 19.1 Å². The first-order chi connectivity index (χ1) is 8.65. The zero-order valence-electron chi connectivity index (χ0n) is 9.70. The molecule has 1 aromatic carbocycles. The van der Waals surface area contributed by atoms with E-state index in [-0.39, 0.29) is 22.9 Å². The quantitative estimate of drug-likeness (QED) is 0.477. The Labute approximate surface area is 109 Å². The number of carbonyl (C=O) groups is 2. The number of hydrogen-bond donors (Lipinski definition) is 0. The van der Waals surface area contributed by atoms with Crippen LogP contribution in [0.1, 0.15) is 17.3 Å². The van der Waals surface area contributed by atoms with E-state index in [1.807, 2.05) is 0 Å². The molecule has 0 atom stereocenters. The lowest BCUT2D eigenvalue weighted by Crippen LogP contribution is -2.22. The van der Waals surface area contributed by atoms with Crippen LogP contribution in [-0.2, 0) is 9.53 Å². The van der Waals surface area contributed by atoms with Crippen LogP contribution in [-0.4, -0.2) is 31.6 Å². The number of hydrogen-bond acceptors (Lipinski definition) is 5. The van der Waals surface area contributed by atoms with Crippen LogP contribution in [0.3, 0.4) is 0 Å². The molecule has 2 rings (SSSR count). The Kier molecular flexibility index (Phi) is 3.72. The number of fused-ring (bicyclic) bond motifs is 1. The number of carbonyl (C=O) groups excluding carboxylic acids is 2. The largest absolute Gasteiger partial charge is 0.486 e. The summed E-state index contributed by atoms with van der Waals surface area (Å²) in [5.41, 5.74) is -0.00711. The van der Waals surface area contributed by atoms with E-state index < -0.39 is 11.8 Å². The maximum Gasteiger partial charge on any atom is 0.379 e. The van der Waals surface area contributed by atoms with Gasteiger partial charge in [0.15, 0.2) is 11.5 Å². The highest BCUT2D eigenvalue weighted by Gasteiger charge is 2.28. The molecule has 0 saturated carbocycles. The minimum atomic E-state index is -0.957. The predicted octanol–water partition coefficient (Wildman–Crippen LogP) is 1.86. The number of ketones is 1. The molecule has 1 heterocycles. The van der Waals surface area contributed by atoms with E-state index in [0.717, 1.165) is 0 Å². The number of benzene rings is 1. The lowest BCUT2D eigenvalue weighted by Gasteiger charge is -2.20. The summed E-state index contributed by atoms with van der Waals surface area (Å²) in [6.07, 6.45) is 0. The third-order valence-corrected chi connectivity index (χ3v) is 2.66. The van der Waals surface area contributed by atoms with Gasteiger partial charge < -0.3 is 14.2 Å². The second kappa shape index (κ2) is 5.27. The Bertz CT molecular complexity index is 497. The van der Waals surface area contributed by atoms with Crippen molar-refractivity contribution in [2.45, 2.75) is 6.92 Å². The van der Waals surface area contributed by atoms with Crippen molar-refractivity contribution < 1.29 is 23.8 Å². The van der Waals surface area contributed by atoms with Gasteiger partial charge in [-0.3, -0.25) is 4.79 Å². The fraction of sp³-hybridized carbons (Fsp3) is 0.333. The van der Waals surface area contributed by atoms with Crippen molar-refractivity contribution in [1.82, 2.24) is 0 Å². The van der Waals surface area contributed by atoms with Crippen LogP contribution in [0.2, 0.25) is 5.02 Å². The van der Waals surface area contributed by atoms with Crippen molar-refractivity contribution in [3.8, 4) is 11.5 Å². The van der Waals surface area contributed by atoms with Crippen LogP contribution in [0.4, 0.5) is 0 Å². The first-order valence-electron chi connectivity index (χ1n) is 5.44. The van der Waals surface area contributed by atoms with E-state index in [1.54, 1.807) is 13.0 Å². The van der Waals surface area contributed by atoms with Gasteiger partial charge in [0, 0.05) is 0 Å². The van der Waals surface area contributed by atoms with Crippen LogP contribution in [0.25, 0.3) is 0 Å². The fourth-order valence-corrected chi connectivity index (χ4v) is 1.84. The molecular weight excluding hydrogens is 260 g/mol. The van der Waals surface area contributed by atoms with Crippen LogP contribution in [0, 0.1) is 0 Å². The molecule has 0 unspecified atom stereocenters. The van der Waals surface area contributed by atoms with Gasteiger partial charge in [-0.2, -0.15) is 0 Å². The highest BCUT2D eigenvalue weighted by atomic mass is 35.5. The van der Waals surface area contributed by atoms with Gasteiger partial charge in [-0.1, -0.05) is 11.6 Å². The number of esters is 1. The molecule has 0 saturated heterocycles. The topological polar surface area (TPSA) is 61.8 Å². The summed E-state index contributed by atoms with van der Waals surface area (Å²) < 4.78 is 15.3. The number of rotatable bonds is 3. The molecule has 6 heteroatoms. The third kappa shape index (κ3) is 2.26. The monoisotopic (exact) mass is 270 g/mol. The zero-order valence-corrected chi connectivity index (χ0v) is 10.5. The van der Waals surface area contributed by atoms with E-state index in [0.29, 0.717) is 19.0 Å². The second-order valence-electron chi connectivity index (χ2n) is 3.50. The second-order valence-corrected chi connectivity index (χ2v) is 3.90. The molecule has 0 fully saturated rings. The Balaban J connectivity index is 2.43. The van der Waals surface area contributed by atoms with Gasteiger partial charge in [0.25, 0.3) is 5.78 Å². The van der Waals surface area contributed by atoms with E-state index in [9.17, 15) is 9.59 Å².